The van der Waals surface area contributed by atoms with Crippen LogP contribution in [0.2, 0.25) is 0 Å². The molecule has 158 valence electrons. The molecular formula is C23H22N4O3S. The van der Waals surface area contributed by atoms with Gasteiger partial charge in [0.25, 0.3) is 5.91 Å². The van der Waals surface area contributed by atoms with Crippen LogP contribution < -0.4 is 14.8 Å². The second-order valence-electron chi connectivity index (χ2n) is 6.90. The Hall–Kier alpha value is -3.65. The highest BCUT2D eigenvalue weighted by Crippen LogP contribution is 2.31. The third-order valence-electron chi connectivity index (χ3n) is 4.82. The number of thiazole rings is 1. The van der Waals surface area contributed by atoms with Gasteiger partial charge in [-0.3, -0.25) is 14.3 Å². The molecule has 4 rings (SSSR count). The van der Waals surface area contributed by atoms with Crippen LogP contribution in [0.4, 0.5) is 5.69 Å². The molecule has 1 amide bonds. The predicted octanol–water partition coefficient (Wildman–Crippen LogP) is 4.79. The molecule has 3 heterocycles. The summed E-state index contributed by atoms with van der Waals surface area (Å²) in [5.74, 6) is 0.931. The molecule has 0 unspecified atom stereocenters. The van der Waals surface area contributed by atoms with E-state index in [4.69, 9.17) is 9.47 Å². The van der Waals surface area contributed by atoms with E-state index < -0.39 is 0 Å². The Morgan fingerprint density at radius 1 is 1.16 bits per heavy atom. The lowest BCUT2D eigenvalue weighted by molar-refractivity contribution is 0.102. The summed E-state index contributed by atoms with van der Waals surface area (Å²) < 4.78 is 13.3. The molecule has 0 saturated carbocycles. The number of carbonyl (C=O) groups excluding carboxylic acids is 1. The summed E-state index contributed by atoms with van der Waals surface area (Å²) in [7, 11) is 1.58. The van der Waals surface area contributed by atoms with Crippen LogP contribution in [0.15, 0.2) is 60.4 Å². The first kappa shape index (κ1) is 20.6. The standard InChI is InChI=1S/C23H22N4O3S/c1-15-11-19(16(2)27(15)23-25-9-10-31-23)22(28)26-18-6-7-20(29-3)21(12-18)30-14-17-5-4-8-24-13-17/h4-13H,14H2,1-3H3,(H,26,28). The number of methoxy groups -OCH3 is 1. The van der Waals surface area contributed by atoms with Crippen molar-refractivity contribution in [2.75, 3.05) is 12.4 Å². The number of hydrogen-bond donors (Lipinski definition) is 1. The molecule has 4 aromatic rings. The minimum absolute atomic E-state index is 0.195. The van der Waals surface area contributed by atoms with E-state index in [1.54, 1.807) is 43.9 Å². The first-order valence-corrected chi connectivity index (χ1v) is 10.5. The van der Waals surface area contributed by atoms with E-state index in [1.165, 1.54) is 11.3 Å². The molecule has 0 aliphatic carbocycles. The van der Waals surface area contributed by atoms with Crippen LogP contribution in [0.25, 0.3) is 5.13 Å². The summed E-state index contributed by atoms with van der Waals surface area (Å²) in [4.78, 5) is 21.4. The van der Waals surface area contributed by atoms with Crippen LogP contribution in [-0.4, -0.2) is 27.6 Å². The largest absolute Gasteiger partial charge is 0.493 e. The number of anilines is 1. The van der Waals surface area contributed by atoms with Crippen molar-refractivity contribution < 1.29 is 14.3 Å². The summed E-state index contributed by atoms with van der Waals surface area (Å²) >= 11 is 1.53. The molecule has 7 nitrogen and oxygen atoms in total. The monoisotopic (exact) mass is 434 g/mol. The Morgan fingerprint density at radius 3 is 2.74 bits per heavy atom. The van der Waals surface area contributed by atoms with E-state index in [9.17, 15) is 4.79 Å². The van der Waals surface area contributed by atoms with Crippen LogP contribution in [-0.2, 0) is 6.61 Å². The number of rotatable bonds is 7. The molecule has 0 spiro atoms. The summed E-state index contributed by atoms with van der Waals surface area (Å²) in [6.07, 6.45) is 5.21. The lowest BCUT2D eigenvalue weighted by atomic mass is 10.2. The number of hydrogen-bond acceptors (Lipinski definition) is 6. The molecule has 3 aromatic heterocycles. The summed E-state index contributed by atoms with van der Waals surface area (Å²) in [5.41, 5.74) is 3.94. The number of nitrogens with one attached hydrogen (secondary N) is 1. The molecule has 0 radical (unpaired) electrons. The minimum Gasteiger partial charge on any atom is -0.493 e. The number of aromatic nitrogens is 3. The fourth-order valence-electron chi connectivity index (χ4n) is 3.32. The van der Waals surface area contributed by atoms with E-state index in [0.29, 0.717) is 29.4 Å². The fourth-order valence-corrected chi connectivity index (χ4v) is 4.08. The second-order valence-corrected chi connectivity index (χ2v) is 7.78. The number of nitrogens with zero attached hydrogens (tertiary/aromatic N) is 3. The fraction of sp³-hybridized carbons (Fsp3) is 0.174. The summed E-state index contributed by atoms with van der Waals surface area (Å²) in [5, 5.41) is 5.71. The molecule has 0 aliphatic rings. The number of pyridine rings is 1. The number of carbonyl (C=O) groups is 1. The lowest BCUT2D eigenvalue weighted by Crippen LogP contribution is -2.13. The van der Waals surface area contributed by atoms with Gasteiger partial charge >= 0.3 is 0 Å². The predicted molar refractivity (Wildman–Crippen MR) is 120 cm³/mol. The number of amides is 1. The molecular weight excluding hydrogens is 412 g/mol. The highest BCUT2D eigenvalue weighted by molar-refractivity contribution is 7.12. The maximum atomic E-state index is 13.0. The Kier molecular flexibility index (Phi) is 5.99. The zero-order chi connectivity index (χ0) is 21.8. The van der Waals surface area contributed by atoms with Crippen LogP contribution >= 0.6 is 11.3 Å². The number of benzene rings is 1. The average Bonchev–Trinajstić information content (AvgIpc) is 3.40. The molecule has 1 aromatic carbocycles. The van der Waals surface area contributed by atoms with Gasteiger partial charge in [-0.1, -0.05) is 6.07 Å². The molecule has 0 saturated heterocycles. The van der Waals surface area contributed by atoms with Crippen molar-refractivity contribution >= 4 is 22.9 Å². The lowest BCUT2D eigenvalue weighted by Gasteiger charge is -2.13. The quantitative estimate of drug-likeness (QED) is 0.453. The van der Waals surface area contributed by atoms with Gasteiger partial charge in [-0.15, -0.1) is 11.3 Å². The third kappa shape index (κ3) is 4.44. The van der Waals surface area contributed by atoms with E-state index in [0.717, 1.165) is 22.1 Å². The van der Waals surface area contributed by atoms with Crippen LogP contribution in [0, 0.1) is 13.8 Å². The number of ether oxygens (including phenoxy) is 2. The van der Waals surface area contributed by atoms with Crippen molar-refractivity contribution in [1.29, 1.82) is 0 Å². The highest BCUT2D eigenvalue weighted by atomic mass is 32.1. The van der Waals surface area contributed by atoms with E-state index >= 15 is 0 Å². The van der Waals surface area contributed by atoms with Gasteiger partial charge in [0.2, 0.25) is 0 Å². The van der Waals surface area contributed by atoms with Crippen LogP contribution in [0.3, 0.4) is 0 Å². The molecule has 0 atom stereocenters. The Balaban J connectivity index is 1.54. The Bertz CT molecular complexity index is 1190. The van der Waals surface area contributed by atoms with Crippen molar-refractivity contribution in [3.05, 3.63) is 82.9 Å². The van der Waals surface area contributed by atoms with Gasteiger partial charge in [0, 0.05) is 52.7 Å². The molecule has 0 bridgehead atoms. The average molecular weight is 435 g/mol. The maximum absolute atomic E-state index is 13.0. The third-order valence-corrected chi connectivity index (χ3v) is 5.58. The normalized spacial score (nSPS) is 10.7. The molecule has 0 aliphatic heterocycles. The van der Waals surface area contributed by atoms with Gasteiger partial charge in [0.05, 0.1) is 12.7 Å². The summed E-state index contributed by atoms with van der Waals surface area (Å²) in [6, 6.07) is 11.0. The zero-order valence-electron chi connectivity index (χ0n) is 17.5. The molecule has 0 fully saturated rings. The van der Waals surface area contributed by atoms with Crippen molar-refractivity contribution in [3.8, 4) is 16.6 Å². The second kappa shape index (κ2) is 9.01. The van der Waals surface area contributed by atoms with Crippen LogP contribution in [0.1, 0.15) is 27.3 Å². The SMILES string of the molecule is COc1ccc(NC(=O)c2cc(C)n(-c3nccs3)c2C)cc1OCc1cccnc1. The van der Waals surface area contributed by atoms with Crippen molar-refractivity contribution in [1.82, 2.24) is 14.5 Å². The van der Waals surface area contributed by atoms with Crippen molar-refractivity contribution in [3.63, 3.8) is 0 Å². The molecule has 1 N–H and O–H groups in total. The maximum Gasteiger partial charge on any atom is 0.257 e. The number of aryl methyl sites for hydroxylation is 1. The Labute approximate surface area is 184 Å². The van der Waals surface area contributed by atoms with Crippen LogP contribution in [0.5, 0.6) is 11.5 Å². The molecule has 31 heavy (non-hydrogen) atoms. The van der Waals surface area contributed by atoms with E-state index in [-0.39, 0.29) is 5.91 Å². The first-order valence-electron chi connectivity index (χ1n) is 9.66. The van der Waals surface area contributed by atoms with Gasteiger partial charge in [0.15, 0.2) is 16.6 Å². The minimum atomic E-state index is -0.195. The van der Waals surface area contributed by atoms with Gasteiger partial charge in [0.1, 0.15) is 6.61 Å². The highest BCUT2D eigenvalue weighted by Gasteiger charge is 2.18. The molecule has 8 heteroatoms. The van der Waals surface area contributed by atoms with E-state index in [1.807, 2.05) is 42.0 Å². The topological polar surface area (TPSA) is 78.3 Å². The first-order chi connectivity index (χ1) is 15.1. The van der Waals surface area contributed by atoms with Gasteiger partial charge in [-0.05, 0) is 38.1 Å². The van der Waals surface area contributed by atoms with Gasteiger partial charge in [-0.2, -0.15) is 0 Å². The Morgan fingerprint density at radius 2 is 2.03 bits per heavy atom. The summed E-state index contributed by atoms with van der Waals surface area (Å²) in [6.45, 7) is 4.22. The van der Waals surface area contributed by atoms with Crippen molar-refractivity contribution in [2.45, 2.75) is 20.5 Å². The zero-order valence-corrected chi connectivity index (χ0v) is 18.3. The van der Waals surface area contributed by atoms with Gasteiger partial charge < -0.3 is 14.8 Å². The van der Waals surface area contributed by atoms with Gasteiger partial charge in [-0.25, -0.2) is 4.98 Å². The smallest absolute Gasteiger partial charge is 0.257 e. The van der Waals surface area contributed by atoms with Crippen molar-refractivity contribution in [2.24, 2.45) is 0 Å². The van der Waals surface area contributed by atoms with E-state index in [2.05, 4.69) is 15.3 Å².